The summed E-state index contributed by atoms with van der Waals surface area (Å²) in [5.41, 5.74) is 2.52. The van der Waals surface area contributed by atoms with Gasteiger partial charge in [-0.3, -0.25) is 11.3 Å². The molecule has 0 spiro atoms. The maximum Gasteiger partial charge on any atom is 0.00947 e. The molecule has 0 aliphatic heterocycles. The van der Waals surface area contributed by atoms with Gasteiger partial charge in [-0.25, -0.2) is 0 Å². The maximum atomic E-state index is 4.89. The minimum atomic E-state index is 0.917. The third-order valence-electron chi connectivity index (χ3n) is 0.394. The van der Waals surface area contributed by atoms with E-state index in [1.165, 1.54) is 0 Å². The van der Waals surface area contributed by atoms with Crippen LogP contribution in [-0.2, 0) is 0 Å². The van der Waals surface area contributed by atoms with Crippen molar-refractivity contribution in [1.29, 1.82) is 0 Å². The van der Waals surface area contributed by atoms with Crippen LogP contribution in [0.2, 0.25) is 0 Å². The molecule has 0 aliphatic carbocycles. The Labute approximate surface area is 51.7 Å². The molecule has 0 aliphatic rings. The Hall–Kier alpha value is -0.340. The van der Waals surface area contributed by atoms with Crippen molar-refractivity contribution < 1.29 is 0 Å². The average Bonchev–Trinajstić information content (AvgIpc) is 1.71. The van der Waals surface area contributed by atoms with E-state index in [-0.39, 0.29) is 0 Å². The van der Waals surface area contributed by atoms with Gasteiger partial charge in [-0.05, 0) is 13.3 Å². The highest BCUT2D eigenvalue weighted by atomic mass is 15.2. The molecule has 0 amide bonds. The van der Waals surface area contributed by atoms with Gasteiger partial charge >= 0.3 is 0 Å². The first-order valence-corrected chi connectivity index (χ1v) is 2.83. The Morgan fingerprint density at radius 1 is 1.75 bits per heavy atom. The molecule has 0 saturated carbocycles. The Bertz CT molecular complexity index is 33.5. The molecule has 2 nitrogen and oxygen atoms in total. The van der Waals surface area contributed by atoms with Gasteiger partial charge in [-0.1, -0.05) is 13.0 Å². The van der Waals surface area contributed by atoms with Crippen LogP contribution < -0.4 is 11.3 Å². The Kier molecular flexibility index (Phi) is 21.1. The number of nitrogens with one attached hydrogen (secondary N) is 1. The Morgan fingerprint density at radius 2 is 2.12 bits per heavy atom. The predicted octanol–water partition coefficient (Wildman–Crippen LogP) is 1.05. The summed E-state index contributed by atoms with van der Waals surface area (Å²) in [6.45, 7) is 8.24. The van der Waals surface area contributed by atoms with Crippen LogP contribution in [0.4, 0.5) is 0 Å². The molecular weight excluding hydrogens is 100 g/mol. The van der Waals surface area contributed by atoms with Gasteiger partial charge in [0.1, 0.15) is 0 Å². The van der Waals surface area contributed by atoms with Crippen molar-refractivity contribution in [3.05, 3.63) is 12.7 Å². The van der Waals surface area contributed by atoms with Crippen LogP contribution in [0.1, 0.15) is 20.3 Å². The molecule has 0 rings (SSSR count). The van der Waals surface area contributed by atoms with Crippen molar-refractivity contribution in [2.45, 2.75) is 20.3 Å². The summed E-state index contributed by atoms with van der Waals surface area (Å²) >= 11 is 0. The van der Waals surface area contributed by atoms with Crippen molar-refractivity contribution in [2.75, 3.05) is 6.54 Å². The second kappa shape index (κ2) is 15.9. The van der Waals surface area contributed by atoms with Crippen LogP contribution in [0.5, 0.6) is 0 Å². The highest BCUT2D eigenvalue weighted by Crippen LogP contribution is 1.61. The molecule has 0 aromatic heterocycles. The highest BCUT2D eigenvalue weighted by molar-refractivity contribution is 4.51. The standard InChI is InChI=1S/C3H10N2.C3H6/c1-2-3-5-4;1-3-2/h5H,2-4H2,1H3;3H,1H2,2H3. The summed E-state index contributed by atoms with van der Waals surface area (Å²) in [5, 5.41) is 0. The lowest BCUT2D eigenvalue weighted by Gasteiger charge is -1.85. The molecule has 2 heteroatoms. The third kappa shape index (κ3) is 44.6. The van der Waals surface area contributed by atoms with Crippen molar-refractivity contribution in [2.24, 2.45) is 5.84 Å². The second-order valence-electron chi connectivity index (χ2n) is 1.36. The minimum absolute atomic E-state index is 0.917. The Balaban J connectivity index is 0. The van der Waals surface area contributed by atoms with Gasteiger partial charge < -0.3 is 0 Å². The maximum absolute atomic E-state index is 4.89. The van der Waals surface area contributed by atoms with Crippen molar-refractivity contribution in [1.82, 2.24) is 5.43 Å². The monoisotopic (exact) mass is 116 g/mol. The molecule has 0 bridgehead atoms. The van der Waals surface area contributed by atoms with Gasteiger partial charge in [0.15, 0.2) is 0 Å². The largest absolute Gasteiger partial charge is 0.271 e. The van der Waals surface area contributed by atoms with E-state index in [0.717, 1.165) is 13.0 Å². The fourth-order valence-electron chi connectivity index (χ4n) is 0.144. The van der Waals surface area contributed by atoms with Gasteiger partial charge in [0, 0.05) is 6.54 Å². The Morgan fingerprint density at radius 3 is 2.12 bits per heavy atom. The lowest BCUT2D eigenvalue weighted by Crippen LogP contribution is -2.21. The quantitative estimate of drug-likeness (QED) is 0.321. The third-order valence-corrected chi connectivity index (χ3v) is 0.394. The molecule has 0 radical (unpaired) electrons. The fourth-order valence-corrected chi connectivity index (χ4v) is 0.144. The first-order chi connectivity index (χ1) is 3.83. The van der Waals surface area contributed by atoms with Crippen molar-refractivity contribution >= 4 is 0 Å². The van der Waals surface area contributed by atoms with Crippen LogP contribution >= 0.6 is 0 Å². The van der Waals surface area contributed by atoms with E-state index >= 15 is 0 Å². The predicted molar refractivity (Wildman–Crippen MR) is 38.4 cm³/mol. The van der Waals surface area contributed by atoms with Gasteiger partial charge in [0.2, 0.25) is 0 Å². The summed E-state index contributed by atoms with van der Waals surface area (Å²) in [5.74, 6) is 4.89. The SMILES string of the molecule is C=CC.CCCNN. The zero-order chi connectivity index (χ0) is 6.83. The number of hydrazine groups is 1. The average molecular weight is 116 g/mol. The lowest BCUT2D eigenvalue weighted by molar-refractivity contribution is 0.714. The van der Waals surface area contributed by atoms with Gasteiger partial charge in [-0.15, -0.1) is 6.58 Å². The first kappa shape index (κ1) is 10.6. The summed E-state index contributed by atoms with van der Waals surface area (Å²) < 4.78 is 0. The fraction of sp³-hybridized carbons (Fsp3) is 0.667. The second-order valence-corrected chi connectivity index (χ2v) is 1.36. The molecule has 0 heterocycles. The lowest BCUT2D eigenvalue weighted by atomic mass is 10.5. The van der Waals surface area contributed by atoms with Crippen LogP contribution in [0.3, 0.4) is 0 Å². The zero-order valence-electron chi connectivity index (χ0n) is 5.78. The highest BCUT2D eigenvalue weighted by Gasteiger charge is 1.64. The summed E-state index contributed by atoms with van der Waals surface area (Å²) in [4.78, 5) is 0. The minimum Gasteiger partial charge on any atom is -0.271 e. The molecule has 50 valence electrons. The number of hydrogen-bond donors (Lipinski definition) is 2. The van der Waals surface area contributed by atoms with Crippen molar-refractivity contribution in [3.8, 4) is 0 Å². The molecule has 0 aromatic carbocycles. The van der Waals surface area contributed by atoms with E-state index in [0.29, 0.717) is 0 Å². The van der Waals surface area contributed by atoms with E-state index in [1.54, 1.807) is 6.08 Å². The smallest absolute Gasteiger partial charge is 0.00947 e. The van der Waals surface area contributed by atoms with Gasteiger partial charge in [0.25, 0.3) is 0 Å². The van der Waals surface area contributed by atoms with Gasteiger partial charge in [0.05, 0.1) is 0 Å². The van der Waals surface area contributed by atoms with Crippen molar-refractivity contribution in [3.63, 3.8) is 0 Å². The van der Waals surface area contributed by atoms with E-state index in [1.807, 2.05) is 6.92 Å². The van der Waals surface area contributed by atoms with Crippen LogP contribution in [0.15, 0.2) is 12.7 Å². The molecule has 3 N–H and O–H groups in total. The zero-order valence-corrected chi connectivity index (χ0v) is 5.78. The molecule has 0 fully saturated rings. The van der Waals surface area contributed by atoms with Crippen LogP contribution in [-0.4, -0.2) is 6.54 Å². The number of nitrogens with two attached hydrogens (primary N) is 1. The van der Waals surface area contributed by atoms with Crippen LogP contribution in [0, 0.1) is 0 Å². The summed E-state index contributed by atoms with van der Waals surface area (Å²) in [7, 11) is 0. The molecule has 8 heavy (non-hydrogen) atoms. The normalized spacial score (nSPS) is 6.88. The van der Waals surface area contributed by atoms with E-state index in [2.05, 4.69) is 18.9 Å². The molecule has 0 atom stereocenters. The number of rotatable bonds is 2. The number of allylic oxidation sites excluding steroid dienone is 1. The first-order valence-electron chi connectivity index (χ1n) is 2.83. The molecule has 0 unspecified atom stereocenters. The molecular formula is C6H16N2. The molecule has 0 saturated heterocycles. The summed E-state index contributed by atoms with van der Waals surface area (Å²) in [6, 6.07) is 0. The topological polar surface area (TPSA) is 38.0 Å². The number of hydrogen-bond acceptors (Lipinski definition) is 2. The molecule has 0 aromatic rings. The van der Waals surface area contributed by atoms with E-state index in [4.69, 9.17) is 5.84 Å². The summed E-state index contributed by atoms with van der Waals surface area (Å²) in [6.07, 6.45) is 2.86. The van der Waals surface area contributed by atoms with Gasteiger partial charge in [-0.2, -0.15) is 0 Å². The van der Waals surface area contributed by atoms with Crippen LogP contribution in [0.25, 0.3) is 0 Å². The van der Waals surface area contributed by atoms with E-state index in [9.17, 15) is 0 Å². The van der Waals surface area contributed by atoms with E-state index < -0.39 is 0 Å².